The molecule has 6 rings (SSSR count). The summed E-state index contributed by atoms with van der Waals surface area (Å²) in [4.78, 5) is 22.8. The Morgan fingerprint density at radius 2 is 1.15 bits per heavy atom. The summed E-state index contributed by atoms with van der Waals surface area (Å²) >= 11 is 0. The third-order valence-electron chi connectivity index (χ3n) is 5.27. The molecule has 0 saturated carbocycles. The minimum Gasteiger partial charge on any atom is -0.506 e. The summed E-state index contributed by atoms with van der Waals surface area (Å²) in [5, 5.41) is 30.3. The van der Waals surface area contributed by atoms with E-state index in [1.165, 1.54) is 6.07 Å². The summed E-state index contributed by atoms with van der Waals surface area (Å²) < 4.78 is 0. The Kier molecular flexibility index (Phi) is 12.5. The fraction of sp³-hybridized carbons (Fsp3) is 0.152. The van der Waals surface area contributed by atoms with Crippen molar-refractivity contribution in [2.24, 2.45) is 0 Å². The normalized spacial score (nSPS) is 9.53. The number of aromatic carboxylic acids is 1. The second kappa shape index (κ2) is 16.0. The SMILES string of the molecule is CC.CC.Cc1ccc2cccc(O)c2n1.O=C(O)c1ccc2ccccc2n1.Oc1cccc2cccnc12. The van der Waals surface area contributed by atoms with E-state index in [-0.39, 0.29) is 17.2 Å². The van der Waals surface area contributed by atoms with E-state index < -0.39 is 5.97 Å². The molecule has 0 saturated heterocycles. The molecule has 0 spiro atoms. The summed E-state index contributed by atoms with van der Waals surface area (Å²) in [7, 11) is 0. The van der Waals surface area contributed by atoms with Gasteiger partial charge in [-0.3, -0.25) is 4.98 Å². The van der Waals surface area contributed by atoms with E-state index in [4.69, 9.17) is 5.11 Å². The molecule has 7 nitrogen and oxygen atoms in total. The van der Waals surface area contributed by atoms with Crippen LogP contribution in [0.3, 0.4) is 0 Å². The van der Waals surface area contributed by atoms with E-state index in [1.807, 2.05) is 95.3 Å². The number of phenols is 2. The lowest BCUT2D eigenvalue weighted by Gasteiger charge is -1.99. The number of nitrogens with zero attached hydrogens (tertiary/aromatic N) is 3. The van der Waals surface area contributed by atoms with E-state index in [9.17, 15) is 15.0 Å². The summed E-state index contributed by atoms with van der Waals surface area (Å²) in [6.45, 7) is 9.91. The van der Waals surface area contributed by atoms with Gasteiger partial charge in [0, 0.05) is 28.0 Å². The molecular formula is C33H35N3O4. The Morgan fingerprint density at radius 3 is 1.80 bits per heavy atom. The maximum atomic E-state index is 10.6. The highest BCUT2D eigenvalue weighted by molar-refractivity contribution is 5.89. The predicted octanol–water partition coefficient (Wildman–Crippen LogP) is 8.17. The van der Waals surface area contributed by atoms with Gasteiger partial charge in [0.1, 0.15) is 28.2 Å². The average molecular weight is 538 g/mol. The van der Waals surface area contributed by atoms with E-state index in [2.05, 4.69) is 15.0 Å². The molecule has 3 aromatic carbocycles. The number of aromatic hydroxyl groups is 2. The van der Waals surface area contributed by atoms with Crippen molar-refractivity contribution < 1.29 is 20.1 Å². The number of pyridine rings is 3. The fourth-order valence-corrected chi connectivity index (χ4v) is 3.50. The summed E-state index contributed by atoms with van der Waals surface area (Å²) in [5.74, 6) is -0.509. The van der Waals surface area contributed by atoms with Crippen LogP contribution in [0.4, 0.5) is 0 Å². The number of hydrogen-bond acceptors (Lipinski definition) is 6. The molecule has 0 bridgehead atoms. The van der Waals surface area contributed by atoms with Crippen molar-refractivity contribution >= 4 is 38.7 Å². The van der Waals surface area contributed by atoms with Crippen LogP contribution >= 0.6 is 0 Å². The highest BCUT2D eigenvalue weighted by atomic mass is 16.4. The van der Waals surface area contributed by atoms with Gasteiger partial charge in [-0.05, 0) is 43.3 Å². The molecule has 0 radical (unpaired) electrons. The number of carboxylic acids is 1. The largest absolute Gasteiger partial charge is 0.506 e. The zero-order valence-corrected chi connectivity index (χ0v) is 23.4. The van der Waals surface area contributed by atoms with Crippen molar-refractivity contribution in [3.8, 4) is 11.5 Å². The number of carbonyl (C=O) groups is 1. The van der Waals surface area contributed by atoms with Gasteiger partial charge in [-0.15, -0.1) is 0 Å². The average Bonchev–Trinajstić information content (AvgIpc) is 3.00. The number of rotatable bonds is 1. The van der Waals surface area contributed by atoms with Gasteiger partial charge in [-0.1, -0.05) is 88.4 Å². The molecule has 0 fully saturated rings. The number of benzene rings is 3. The first-order chi connectivity index (χ1) is 19.4. The number of aromatic nitrogens is 3. The second-order valence-corrected chi connectivity index (χ2v) is 7.85. The zero-order valence-electron chi connectivity index (χ0n) is 23.4. The number of fused-ring (bicyclic) bond motifs is 3. The van der Waals surface area contributed by atoms with Crippen LogP contribution in [0.15, 0.2) is 103 Å². The first-order valence-corrected chi connectivity index (χ1v) is 13.1. The number of hydrogen-bond donors (Lipinski definition) is 3. The summed E-state index contributed by atoms with van der Waals surface area (Å²) in [6.07, 6.45) is 1.67. The molecule has 7 heteroatoms. The summed E-state index contributed by atoms with van der Waals surface area (Å²) in [6, 6.07) is 29.1. The standard InChI is InChI=1S/C10H7NO2.C10H9NO.C9H7NO.2C2H6/c12-10(13)9-6-5-7-3-1-2-4-8(7)11-9;1-7-5-6-8-3-2-4-9(12)10(8)11-7;11-8-5-1-3-7-4-2-6-10-9(7)8;2*1-2/h1-6H,(H,12,13);2-6,12H,1H3;1-6,11H;2*1-2H3. The van der Waals surface area contributed by atoms with Gasteiger partial charge < -0.3 is 15.3 Å². The quantitative estimate of drug-likeness (QED) is 0.194. The highest BCUT2D eigenvalue weighted by Crippen LogP contribution is 2.22. The number of aryl methyl sites for hydroxylation is 1. The molecule has 0 unspecified atom stereocenters. The third kappa shape index (κ3) is 8.49. The van der Waals surface area contributed by atoms with Crippen LogP contribution in [0.1, 0.15) is 43.9 Å². The molecule has 0 amide bonds. The molecule has 0 atom stereocenters. The van der Waals surface area contributed by atoms with Gasteiger partial charge in [-0.2, -0.15) is 0 Å². The van der Waals surface area contributed by atoms with Gasteiger partial charge in [-0.25, -0.2) is 14.8 Å². The first kappa shape index (κ1) is 31.2. The molecule has 6 aromatic rings. The molecule has 0 aliphatic heterocycles. The zero-order chi connectivity index (χ0) is 29.5. The monoisotopic (exact) mass is 537 g/mol. The minimum atomic E-state index is -0.995. The van der Waals surface area contributed by atoms with Crippen LogP contribution in [0, 0.1) is 6.92 Å². The highest BCUT2D eigenvalue weighted by Gasteiger charge is 2.04. The van der Waals surface area contributed by atoms with E-state index in [0.717, 1.165) is 21.9 Å². The molecule has 206 valence electrons. The fourth-order valence-electron chi connectivity index (χ4n) is 3.50. The Bertz CT molecular complexity index is 1660. The van der Waals surface area contributed by atoms with Crippen LogP contribution in [0.5, 0.6) is 11.5 Å². The number of para-hydroxylation sites is 3. The van der Waals surface area contributed by atoms with Crippen molar-refractivity contribution in [2.75, 3.05) is 0 Å². The van der Waals surface area contributed by atoms with Crippen LogP contribution < -0.4 is 0 Å². The van der Waals surface area contributed by atoms with Crippen molar-refractivity contribution in [1.82, 2.24) is 15.0 Å². The first-order valence-electron chi connectivity index (χ1n) is 13.1. The van der Waals surface area contributed by atoms with E-state index in [0.29, 0.717) is 16.6 Å². The van der Waals surface area contributed by atoms with Crippen molar-refractivity contribution in [3.05, 3.63) is 115 Å². The molecule has 0 aliphatic rings. The lowest BCUT2D eigenvalue weighted by molar-refractivity contribution is 0.0691. The van der Waals surface area contributed by atoms with Crippen LogP contribution in [0.2, 0.25) is 0 Å². The maximum absolute atomic E-state index is 10.6. The molecule has 40 heavy (non-hydrogen) atoms. The van der Waals surface area contributed by atoms with Gasteiger partial charge in [0.05, 0.1) is 5.52 Å². The van der Waals surface area contributed by atoms with Gasteiger partial charge in [0.15, 0.2) is 0 Å². The Hall–Kier alpha value is -5.04. The molecule has 3 N–H and O–H groups in total. The Labute approximate surface area is 234 Å². The van der Waals surface area contributed by atoms with Gasteiger partial charge >= 0.3 is 5.97 Å². The van der Waals surface area contributed by atoms with Crippen LogP contribution in [-0.2, 0) is 0 Å². The minimum absolute atomic E-state index is 0.0821. The Balaban J connectivity index is 0.000000198. The smallest absolute Gasteiger partial charge is 0.354 e. The topological polar surface area (TPSA) is 116 Å². The van der Waals surface area contributed by atoms with E-state index >= 15 is 0 Å². The lowest BCUT2D eigenvalue weighted by Crippen LogP contribution is -1.99. The number of phenolic OH excluding ortho intramolecular Hbond substituents is 2. The molecule has 3 heterocycles. The van der Waals surface area contributed by atoms with Crippen molar-refractivity contribution in [1.29, 1.82) is 0 Å². The molecular weight excluding hydrogens is 502 g/mol. The van der Waals surface area contributed by atoms with Crippen LogP contribution in [0.25, 0.3) is 32.7 Å². The Morgan fingerprint density at radius 1 is 0.600 bits per heavy atom. The van der Waals surface area contributed by atoms with Gasteiger partial charge in [0.2, 0.25) is 0 Å². The van der Waals surface area contributed by atoms with Crippen LogP contribution in [-0.4, -0.2) is 36.2 Å². The maximum Gasteiger partial charge on any atom is 0.354 e. The van der Waals surface area contributed by atoms with Crippen molar-refractivity contribution in [3.63, 3.8) is 0 Å². The number of carboxylic acid groups (broad SMARTS) is 1. The third-order valence-corrected chi connectivity index (χ3v) is 5.27. The second-order valence-electron chi connectivity index (χ2n) is 7.85. The predicted molar refractivity (Wildman–Crippen MR) is 163 cm³/mol. The van der Waals surface area contributed by atoms with Crippen molar-refractivity contribution in [2.45, 2.75) is 34.6 Å². The van der Waals surface area contributed by atoms with E-state index in [1.54, 1.807) is 36.5 Å². The summed E-state index contributed by atoms with van der Waals surface area (Å²) in [5.41, 5.74) is 3.05. The molecule has 3 aromatic heterocycles. The van der Waals surface area contributed by atoms with Gasteiger partial charge in [0.25, 0.3) is 0 Å². The molecule has 0 aliphatic carbocycles. The lowest BCUT2D eigenvalue weighted by atomic mass is 10.2.